The van der Waals surface area contributed by atoms with Crippen LogP contribution < -0.4 is 10.3 Å². The zero-order chi connectivity index (χ0) is 29.6. The fourth-order valence-electron chi connectivity index (χ4n) is 4.69. The molecule has 3 heterocycles. The molecule has 13 heteroatoms. The molecule has 0 atom stereocenters. The highest BCUT2D eigenvalue weighted by Crippen LogP contribution is 2.41. The monoisotopic (exact) mass is 598 g/mol. The highest BCUT2D eigenvalue weighted by Gasteiger charge is 2.24. The van der Waals surface area contributed by atoms with Crippen LogP contribution in [0.15, 0.2) is 41.3 Å². The number of halogens is 4. The van der Waals surface area contributed by atoms with Crippen LogP contribution in [0.25, 0.3) is 32.2 Å². The third-order valence-corrected chi connectivity index (χ3v) is 7.88. The quantitative estimate of drug-likeness (QED) is 0.222. The number of carbonyl (C=O) groups is 1. The van der Waals surface area contributed by atoms with Crippen molar-refractivity contribution in [3.63, 3.8) is 0 Å². The van der Waals surface area contributed by atoms with Crippen molar-refractivity contribution in [2.75, 3.05) is 6.61 Å². The number of carboxylic acid groups (broad SMARTS) is 1. The maximum absolute atomic E-state index is 14.6. The van der Waals surface area contributed by atoms with Gasteiger partial charge in [-0.25, -0.2) is 22.9 Å². The number of carboxylic acids is 1. The summed E-state index contributed by atoms with van der Waals surface area (Å²) < 4.78 is 49.3. The molecular formula is C28H18ClF3N4O4S. The van der Waals surface area contributed by atoms with Gasteiger partial charge in [0.05, 0.1) is 33.3 Å². The number of aryl methyl sites for hydroxylation is 2. The molecule has 3 aromatic heterocycles. The maximum Gasteiger partial charge on any atom is 0.339 e. The van der Waals surface area contributed by atoms with Crippen molar-refractivity contribution >= 4 is 50.0 Å². The van der Waals surface area contributed by atoms with Crippen molar-refractivity contribution in [3.8, 4) is 22.9 Å². The molecule has 208 valence electrons. The predicted octanol–water partition coefficient (Wildman–Crippen LogP) is 6.67. The Morgan fingerprint density at radius 1 is 1.22 bits per heavy atom. The average molecular weight is 599 g/mol. The first-order chi connectivity index (χ1) is 19.5. The molecule has 1 N–H and O–H groups in total. The summed E-state index contributed by atoms with van der Waals surface area (Å²) >= 11 is 7.55. The highest BCUT2D eigenvalue weighted by molar-refractivity contribution is 7.20. The SMILES string of the molecule is Cc1sc2c(-c3cc(Cl)ccc3OCCn3c(C)nc4c(F)cc(C(F)F)c(C#N)c4c3=O)ccnc2c1C(=O)O. The average Bonchev–Trinajstić information content (AvgIpc) is 3.27. The predicted molar refractivity (Wildman–Crippen MR) is 148 cm³/mol. The molecule has 0 aliphatic heterocycles. The Bertz CT molecular complexity index is 1980. The third-order valence-electron chi connectivity index (χ3n) is 6.52. The van der Waals surface area contributed by atoms with Gasteiger partial charge in [0.25, 0.3) is 12.0 Å². The number of hydrogen-bond donors (Lipinski definition) is 1. The van der Waals surface area contributed by atoms with E-state index in [9.17, 15) is 33.1 Å². The molecule has 0 saturated carbocycles. The smallest absolute Gasteiger partial charge is 0.339 e. The number of hydrogen-bond acceptors (Lipinski definition) is 7. The summed E-state index contributed by atoms with van der Waals surface area (Å²) in [5.41, 5.74) is -1.18. The van der Waals surface area contributed by atoms with E-state index in [0.717, 1.165) is 4.57 Å². The fourth-order valence-corrected chi connectivity index (χ4v) is 5.99. The maximum atomic E-state index is 14.6. The molecule has 0 aliphatic carbocycles. The van der Waals surface area contributed by atoms with Gasteiger partial charge in [-0.15, -0.1) is 11.3 Å². The minimum Gasteiger partial charge on any atom is -0.491 e. The lowest BCUT2D eigenvalue weighted by atomic mass is 10.0. The lowest BCUT2D eigenvalue weighted by Crippen LogP contribution is -2.27. The number of thiophene rings is 1. The molecule has 0 aliphatic rings. The zero-order valence-corrected chi connectivity index (χ0v) is 22.9. The molecule has 0 fully saturated rings. The van der Waals surface area contributed by atoms with E-state index in [-0.39, 0.29) is 24.5 Å². The number of nitriles is 1. The van der Waals surface area contributed by atoms with E-state index in [0.29, 0.717) is 43.1 Å². The van der Waals surface area contributed by atoms with Crippen LogP contribution in [0.1, 0.15) is 38.6 Å². The van der Waals surface area contributed by atoms with Gasteiger partial charge in [-0.2, -0.15) is 5.26 Å². The standard InChI is InChI=1S/C28H18ClF3N4O4S/c1-12-21(28(38)39)24-25(41-12)15(5-6-34-24)16-9-14(29)3-4-20(16)40-8-7-36-13(2)35-23-19(30)10-17(26(31)32)18(11-33)22(23)27(36)37/h3-6,9-10,26H,7-8H2,1-2H3,(H,38,39). The van der Waals surface area contributed by atoms with E-state index in [1.807, 2.05) is 0 Å². The minimum absolute atomic E-state index is 0.0977. The Balaban J connectivity index is 1.53. The van der Waals surface area contributed by atoms with Gasteiger partial charge >= 0.3 is 5.97 Å². The van der Waals surface area contributed by atoms with Crippen molar-refractivity contribution in [2.45, 2.75) is 26.8 Å². The van der Waals surface area contributed by atoms with Crippen LogP contribution >= 0.6 is 22.9 Å². The van der Waals surface area contributed by atoms with E-state index in [2.05, 4.69) is 9.97 Å². The Morgan fingerprint density at radius 2 is 1.98 bits per heavy atom. The summed E-state index contributed by atoms with van der Waals surface area (Å²) in [5.74, 6) is -1.75. The number of nitrogens with zero attached hydrogens (tertiary/aromatic N) is 4. The van der Waals surface area contributed by atoms with Gasteiger partial charge < -0.3 is 9.84 Å². The van der Waals surface area contributed by atoms with Crippen LogP contribution in [-0.2, 0) is 6.54 Å². The van der Waals surface area contributed by atoms with E-state index >= 15 is 0 Å². The summed E-state index contributed by atoms with van der Waals surface area (Å²) in [7, 11) is 0. The second-order valence-electron chi connectivity index (χ2n) is 8.94. The van der Waals surface area contributed by atoms with Gasteiger partial charge in [0, 0.05) is 32.8 Å². The molecular weight excluding hydrogens is 581 g/mol. The molecule has 0 unspecified atom stereocenters. The van der Waals surface area contributed by atoms with E-state index < -0.39 is 45.8 Å². The summed E-state index contributed by atoms with van der Waals surface area (Å²) in [6.45, 7) is 2.95. The van der Waals surface area contributed by atoms with Gasteiger partial charge in [-0.3, -0.25) is 14.3 Å². The number of pyridine rings is 1. The van der Waals surface area contributed by atoms with Gasteiger partial charge in [0.2, 0.25) is 0 Å². The van der Waals surface area contributed by atoms with Crippen molar-refractivity contribution in [2.24, 2.45) is 0 Å². The second kappa shape index (κ2) is 10.8. The number of ether oxygens (including phenoxy) is 1. The van der Waals surface area contributed by atoms with Crippen LogP contribution in [0.3, 0.4) is 0 Å². The molecule has 0 amide bonds. The Labute approximate surface area is 238 Å². The number of aromatic carboxylic acids is 1. The summed E-state index contributed by atoms with van der Waals surface area (Å²) in [4.78, 5) is 34.0. The molecule has 0 spiro atoms. The highest BCUT2D eigenvalue weighted by atomic mass is 35.5. The van der Waals surface area contributed by atoms with E-state index in [1.54, 1.807) is 37.3 Å². The van der Waals surface area contributed by atoms with Gasteiger partial charge in [0.15, 0.2) is 0 Å². The number of aromatic nitrogens is 3. The van der Waals surface area contributed by atoms with Crippen molar-refractivity contribution in [1.29, 1.82) is 5.26 Å². The lowest BCUT2D eigenvalue weighted by molar-refractivity contribution is 0.0698. The minimum atomic E-state index is -3.16. The molecule has 0 saturated heterocycles. The molecule has 0 radical (unpaired) electrons. The first-order valence-corrected chi connectivity index (χ1v) is 13.2. The second-order valence-corrected chi connectivity index (χ2v) is 10.6. The zero-order valence-electron chi connectivity index (χ0n) is 21.3. The molecule has 41 heavy (non-hydrogen) atoms. The molecule has 5 aromatic rings. The lowest BCUT2D eigenvalue weighted by Gasteiger charge is -2.16. The summed E-state index contributed by atoms with van der Waals surface area (Å²) in [6, 6.07) is 8.70. The normalized spacial score (nSPS) is 11.4. The van der Waals surface area contributed by atoms with Crippen LogP contribution in [0.4, 0.5) is 13.2 Å². The van der Waals surface area contributed by atoms with Gasteiger partial charge in [-0.1, -0.05) is 11.6 Å². The Kier molecular flexibility index (Phi) is 7.42. The first kappa shape index (κ1) is 28.1. The number of fused-ring (bicyclic) bond motifs is 2. The van der Waals surface area contributed by atoms with E-state index in [4.69, 9.17) is 16.3 Å². The topological polar surface area (TPSA) is 118 Å². The molecule has 2 aromatic carbocycles. The van der Waals surface area contributed by atoms with Crippen molar-refractivity contribution < 1.29 is 27.8 Å². The van der Waals surface area contributed by atoms with Gasteiger partial charge in [0.1, 0.15) is 35.6 Å². The van der Waals surface area contributed by atoms with Crippen LogP contribution in [0.5, 0.6) is 5.75 Å². The van der Waals surface area contributed by atoms with E-state index in [1.165, 1.54) is 24.5 Å². The van der Waals surface area contributed by atoms with Crippen molar-refractivity contribution in [3.05, 3.63) is 85.1 Å². The molecule has 5 rings (SSSR count). The third kappa shape index (κ3) is 4.87. The van der Waals surface area contributed by atoms with Crippen LogP contribution in [0.2, 0.25) is 5.02 Å². The largest absolute Gasteiger partial charge is 0.491 e. The van der Waals surface area contributed by atoms with Crippen LogP contribution in [0, 0.1) is 31.0 Å². The fraction of sp³-hybridized carbons (Fsp3) is 0.179. The van der Waals surface area contributed by atoms with Crippen molar-refractivity contribution in [1.82, 2.24) is 14.5 Å². The number of rotatable bonds is 7. The summed E-state index contributed by atoms with van der Waals surface area (Å²) in [6.07, 6.45) is -1.67. The van der Waals surface area contributed by atoms with Crippen LogP contribution in [-0.4, -0.2) is 32.2 Å². The Hall–Kier alpha value is -4.47. The molecule has 8 nitrogen and oxygen atoms in total. The number of alkyl halides is 2. The summed E-state index contributed by atoms with van der Waals surface area (Å²) in [5, 5.41) is 19.0. The first-order valence-electron chi connectivity index (χ1n) is 12.0. The van der Waals surface area contributed by atoms with Gasteiger partial charge in [-0.05, 0) is 44.2 Å². The Morgan fingerprint density at radius 3 is 2.66 bits per heavy atom. The number of benzene rings is 2. The molecule has 0 bridgehead atoms.